The lowest BCUT2D eigenvalue weighted by Gasteiger charge is -2.32. The monoisotopic (exact) mass is 540 g/mol. The van der Waals surface area contributed by atoms with Gasteiger partial charge in [0.1, 0.15) is 0 Å². The molecule has 2 rings (SSSR count). The molecule has 0 aliphatic heterocycles. The van der Waals surface area contributed by atoms with Crippen molar-refractivity contribution >= 4 is 11.9 Å². The largest absolute Gasteiger partial charge is 0.490 e. The summed E-state index contributed by atoms with van der Waals surface area (Å²) in [5.41, 5.74) is 0.839. The van der Waals surface area contributed by atoms with Gasteiger partial charge in [-0.25, -0.2) is 9.59 Å². The van der Waals surface area contributed by atoms with E-state index < -0.39 is 17.4 Å². The number of allylic oxidation sites excluding steroid dienone is 2. The lowest BCUT2D eigenvalue weighted by molar-refractivity contribution is -0.130. The van der Waals surface area contributed by atoms with Gasteiger partial charge in [0.15, 0.2) is 23.0 Å². The van der Waals surface area contributed by atoms with Crippen molar-refractivity contribution in [3.63, 3.8) is 0 Å². The third-order valence-corrected chi connectivity index (χ3v) is 5.68. The average molecular weight is 541 g/mol. The quantitative estimate of drug-likeness (QED) is 0.151. The fourth-order valence-electron chi connectivity index (χ4n) is 4.07. The van der Waals surface area contributed by atoms with Gasteiger partial charge in [-0.2, -0.15) is 0 Å². The number of rotatable bonds is 14. The van der Waals surface area contributed by atoms with E-state index in [1.807, 2.05) is 53.7 Å². The molecule has 0 fully saturated rings. The first-order valence-electron chi connectivity index (χ1n) is 13.2. The molecule has 39 heavy (non-hydrogen) atoms. The van der Waals surface area contributed by atoms with Crippen LogP contribution < -0.4 is 28.4 Å². The minimum Gasteiger partial charge on any atom is -0.490 e. The molecule has 0 radical (unpaired) electrons. The van der Waals surface area contributed by atoms with Crippen molar-refractivity contribution in [3.05, 3.63) is 59.7 Å². The first kappa shape index (κ1) is 31.3. The summed E-state index contributed by atoms with van der Waals surface area (Å²) in [6.07, 6.45) is 5.88. The number of carbonyl (C=O) groups is 2. The third-order valence-electron chi connectivity index (χ3n) is 5.68. The van der Waals surface area contributed by atoms with Crippen LogP contribution in [0.1, 0.15) is 66.5 Å². The van der Waals surface area contributed by atoms with Crippen molar-refractivity contribution < 1.29 is 38.0 Å². The van der Waals surface area contributed by atoms with Crippen molar-refractivity contribution in [2.45, 2.75) is 60.8 Å². The van der Waals surface area contributed by atoms with Crippen LogP contribution in [0.2, 0.25) is 0 Å². The lowest BCUT2D eigenvalue weighted by Crippen LogP contribution is -2.23. The number of esters is 2. The van der Waals surface area contributed by atoms with Crippen molar-refractivity contribution in [2.75, 3.05) is 26.4 Å². The molecule has 8 nitrogen and oxygen atoms in total. The van der Waals surface area contributed by atoms with E-state index in [0.29, 0.717) is 49.4 Å². The molecule has 212 valence electrons. The molecule has 0 heterocycles. The summed E-state index contributed by atoms with van der Waals surface area (Å²) in [7, 11) is 0. The Morgan fingerprint density at radius 1 is 0.615 bits per heavy atom. The van der Waals surface area contributed by atoms with Gasteiger partial charge in [-0.1, -0.05) is 38.1 Å². The Bertz CT molecular complexity index is 1100. The van der Waals surface area contributed by atoms with Gasteiger partial charge in [-0.3, -0.25) is 0 Å². The zero-order valence-electron chi connectivity index (χ0n) is 24.2. The maximum absolute atomic E-state index is 12.2. The Kier molecular flexibility index (Phi) is 11.9. The van der Waals surface area contributed by atoms with E-state index in [9.17, 15) is 9.59 Å². The third kappa shape index (κ3) is 7.56. The number of hydrogen-bond donors (Lipinski definition) is 0. The molecule has 0 saturated heterocycles. The van der Waals surface area contributed by atoms with Gasteiger partial charge in [0, 0.05) is 28.7 Å². The molecule has 8 heteroatoms. The standard InChI is InChI=1S/C31H40O8/c1-9-15-25(32)38-23-19-17-21(27(34-11-3)29(23)36-13-5)31(7,8)22-18-20-24(39-26(33)16-10-2)30(37-14-6)28(22)35-12-4/h9-10,15-20H,11-14H2,1-8H3. The zero-order chi connectivity index (χ0) is 29.0. The second-order valence-corrected chi connectivity index (χ2v) is 8.74. The fourth-order valence-corrected chi connectivity index (χ4v) is 4.07. The van der Waals surface area contributed by atoms with Crippen molar-refractivity contribution in [1.29, 1.82) is 0 Å². The molecule has 2 aromatic carbocycles. The molecule has 0 aliphatic carbocycles. The number of benzene rings is 2. The van der Waals surface area contributed by atoms with Crippen LogP contribution in [0.25, 0.3) is 0 Å². The topological polar surface area (TPSA) is 89.5 Å². The predicted molar refractivity (Wildman–Crippen MR) is 151 cm³/mol. The average Bonchev–Trinajstić information content (AvgIpc) is 2.88. The molecule has 2 aromatic rings. The summed E-state index contributed by atoms with van der Waals surface area (Å²) >= 11 is 0. The van der Waals surface area contributed by atoms with Crippen LogP contribution >= 0.6 is 0 Å². The van der Waals surface area contributed by atoms with E-state index in [0.717, 1.165) is 11.1 Å². The van der Waals surface area contributed by atoms with Gasteiger partial charge in [0.25, 0.3) is 0 Å². The summed E-state index contributed by atoms with van der Waals surface area (Å²) in [6, 6.07) is 7.09. The van der Waals surface area contributed by atoms with Crippen molar-refractivity contribution in [3.8, 4) is 34.5 Å². The highest BCUT2D eigenvalue weighted by molar-refractivity contribution is 5.85. The molecule has 0 bridgehead atoms. The molecule has 0 aromatic heterocycles. The lowest BCUT2D eigenvalue weighted by atomic mass is 9.76. The molecule has 0 amide bonds. The smallest absolute Gasteiger partial charge is 0.335 e. The summed E-state index contributed by atoms with van der Waals surface area (Å²) in [5.74, 6) is 1.07. The maximum atomic E-state index is 12.2. The van der Waals surface area contributed by atoms with E-state index in [1.54, 1.807) is 38.1 Å². The van der Waals surface area contributed by atoms with E-state index in [-0.39, 0.29) is 11.5 Å². The van der Waals surface area contributed by atoms with Crippen LogP contribution in [-0.2, 0) is 15.0 Å². The second-order valence-electron chi connectivity index (χ2n) is 8.74. The summed E-state index contributed by atoms with van der Waals surface area (Å²) in [5, 5.41) is 0. The van der Waals surface area contributed by atoms with Crippen LogP contribution in [0.15, 0.2) is 48.6 Å². The Morgan fingerprint density at radius 2 is 0.949 bits per heavy atom. The molecule has 0 saturated carbocycles. The number of carbonyl (C=O) groups excluding carboxylic acids is 2. The van der Waals surface area contributed by atoms with E-state index >= 15 is 0 Å². The molecule has 0 aliphatic rings. The van der Waals surface area contributed by atoms with E-state index in [1.165, 1.54) is 12.2 Å². The maximum Gasteiger partial charge on any atom is 0.335 e. The van der Waals surface area contributed by atoms with E-state index in [2.05, 4.69) is 0 Å². The highest BCUT2D eigenvalue weighted by atomic mass is 16.6. The molecular formula is C31H40O8. The summed E-state index contributed by atoms with van der Waals surface area (Å²) < 4.78 is 35.2. The SMILES string of the molecule is CC=CC(=O)Oc1ccc(C(C)(C)c2ccc(OC(=O)C=CC)c(OCC)c2OCC)c(OCC)c1OCC. The minimum atomic E-state index is -0.718. The normalized spacial score (nSPS) is 11.5. The molecule has 0 spiro atoms. The Morgan fingerprint density at radius 3 is 1.26 bits per heavy atom. The van der Waals surface area contributed by atoms with Crippen LogP contribution in [0.3, 0.4) is 0 Å². The first-order valence-corrected chi connectivity index (χ1v) is 13.2. The van der Waals surface area contributed by atoms with Gasteiger partial charge in [0.05, 0.1) is 26.4 Å². The van der Waals surface area contributed by atoms with Crippen molar-refractivity contribution in [1.82, 2.24) is 0 Å². The van der Waals surface area contributed by atoms with Gasteiger partial charge < -0.3 is 28.4 Å². The molecule has 0 N–H and O–H groups in total. The molecular weight excluding hydrogens is 500 g/mol. The highest BCUT2D eigenvalue weighted by Crippen LogP contribution is 2.51. The summed E-state index contributed by atoms with van der Waals surface area (Å²) in [6.45, 7) is 16.3. The summed E-state index contributed by atoms with van der Waals surface area (Å²) in [4.78, 5) is 24.5. The highest BCUT2D eigenvalue weighted by Gasteiger charge is 2.35. The Balaban J connectivity index is 2.80. The van der Waals surface area contributed by atoms with Crippen LogP contribution in [0, 0.1) is 0 Å². The number of hydrogen-bond acceptors (Lipinski definition) is 8. The Hall–Kier alpha value is -3.94. The first-order chi connectivity index (χ1) is 18.7. The number of ether oxygens (including phenoxy) is 6. The van der Waals surface area contributed by atoms with Crippen LogP contribution in [0.4, 0.5) is 0 Å². The van der Waals surface area contributed by atoms with Crippen molar-refractivity contribution in [2.24, 2.45) is 0 Å². The zero-order valence-corrected chi connectivity index (χ0v) is 24.2. The van der Waals surface area contributed by atoms with Gasteiger partial charge in [-0.05, 0) is 53.7 Å². The van der Waals surface area contributed by atoms with Crippen LogP contribution in [-0.4, -0.2) is 38.4 Å². The van der Waals surface area contributed by atoms with Crippen LogP contribution in [0.5, 0.6) is 34.5 Å². The molecule has 0 unspecified atom stereocenters. The molecule has 0 atom stereocenters. The van der Waals surface area contributed by atoms with Gasteiger partial charge in [0.2, 0.25) is 11.5 Å². The Labute approximate surface area is 231 Å². The minimum absolute atomic E-state index is 0.259. The predicted octanol–water partition coefficient (Wildman–Crippen LogP) is 6.57. The second kappa shape index (κ2) is 14.9. The van der Waals surface area contributed by atoms with E-state index in [4.69, 9.17) is 28.4 Å². The fraction of sp³-hybridized carbons (Fsp3) is 0.419. The van der Waals surface area contributed by atoms with Gasteiger partial charge in [-0.15, -0.1) is 0 Å². The van der Waals surface area contributed by atoms with Gasteiger partial charge >= 0.3 is 11.9 Å².